The smallest absolute Gasteiger partial charge is 0.258 e. The second-order valence-electron chi connectivity index (χ2n) is 5.93. The van der Waals surface area contributed by atoms with Crippen LogP contribution in [-0.4, -0.2) is 29.6 Å². The molecule has 1 N–H and O–H groups in total. The zero-order valence-corrected chi connectivity index (χ0v) is 13.6. The number of carbonyl (C=O) groups excluding carboxylic acids is 1. The summed E-state index contributed by atoms with van der Waals surface area (Å²) in [6, 6.07) is 15.2. The average molecular weight is 326 g/mol. The fourth-order valence-electron chi connectivity index (χ4n) is 2.85. The van der Waals surface area contributed by atoms with Crippen LogP contribution in [0, 0.1) is 0 Å². The number of pyridine rings is 1. The van der Waals surface area contributed by atoms with E-state index in [4.69, 9.17) is 9.47 Å². The van der Waals surface area contributed by atoms with E-state index in [1.165, 1.54) is 0 Å². The highest BCUT2D eigenvalue weighted by Gasteiger charge is 2.23. The average Bonchev–Trinajstić information content (AvgIpc) is 2.63. The standard InChI is InChI=1S/C19H22N2O3/c22-18(14-23-16-6-2-1-3-7-16)21-15-9-11-17(12-10-15)24-19-8-4-5-13-20-19/h1-8,13,15,17H,9-12,14H2,(H,21,22). The van der Waals surface area contributed by atoms with Crippen molar-refractivity contribution in [3.05, 3.63) is 54.7 Å². The van der Waals surface area contributed by atoms with Crippen molar-refractivity contribution in [1.29, 1.82) is 0 Å². The highest BCUT2D eigenvalue weighted by atomic mass is 16.5. The Bertz CT molecular complexity index is 626. The van der Waals surface area contributed by atoms with Crippen molar-refractivity contribution < 1.29 is 14.3 Å². The van der Waals surface area contributed by atoms with E-state index in [0.29, 0.717) is 11.6 Å². The van der Waals surface area contributed by atoms with Crippen molar-refractivity contribution in [2.24, 2.45) is 0 Å². The molecule has 1 saturated carbocycles. The Hall–Kier alpha value is -2.56. The molecule has 0 spiro atoms. The summed E-state index contributed by atoms with van der Waals surface area (Å²) in [5.41, 5.74) is 0. The minimum Gasteiger partial charge on any atom is -0.484 e. The van der Waals surface area contributed by atoms with E-state index in [1.54, 1.807) is 6.20 Å². The predicted molar refractivity (Wildman–Crippen MR) is 91.0 cm³/mol. The fraction of sp³-hybridized carbons (Fsp3) is 0.368. The fourth-order valence-corrected chi connectivity index (χ4v) is 2.85. The number of ether oxygens (including phenoxy) is 2. The number of para-hydroxylation sites is 1. The van der Waals surface area contributed by atoms with E-state index in [2.05, 4.69) is 10.3 Å². The van der Waals surface area contributed by atoms with Crippen LogP contribution in [0.2, 0.25) is 0 Å². The summed E-state index contributed by atoms with van der Waals surface area (Å²) in [6.45, 7) is 0.0500. The van der Waals surface area contributed by atoms with E-state index < -0.39 is 0 Å². The number of carbonyl (C=O) groups is 1. The van der Waals surface area contributed by atoms with Crippen molar-refractivity contribution in [3.8, 4) is 11.6 Å². The van der Waals surface area contributed by atoms with E-state index >= 15 is 0 Å². The number of hydrogen-bond donors (Lipinski definition) is 1. The van der Waals surface area contributed by atoms with Crippen LogP contribution in [0.15, 0.2) is 54.7 Å². The van der Waals surface area contributed by atoms with Crippen LogP contribution in [-0.2, 0) is 4.79 Å². The predicted octanol–water partition coefficient (Wildman–Crippen LogP) is 2.97. The van der Waals surface area contributed by atoms with Gasteiger partial charge in [0.25, 0.3) is 5.91 Å². The maximum atomic E-state index is 12.0. The number of nitrogens with zero attached hydrogens (tertiary/aromatic N) is 1. The second-order valence-corrected chi connectivity index (χ2v) is 5.93. The van der Waals surface area contributed by atoms with Crippen LogP contribution in [0.1, 0.15) is 25.7 Å². The van der Waals surface area contributed by atoms with Gasteiger partial charge in [0, 0.05) is 18.3 Å². The molecule has 126 valence electrons. The molecule has 1 heterocycles. The molecule has 0 aliphatic heterocycles. The Balaban J connectivity index is 1.36. The van der Waals surface area contributed by atoms with Gasteiger partial charge in [-0.05, 0) is 43.9 Å². The van der Waals surface area contributed by atoms with Crippen LogP contribution in [0.4, 0.5) is 0 Å². The third-order valence-corrected chi connectivity index (χ3v) is 4.08. The van der Waals surface area contributed by atoms with Crippen LogP contribution < -0.4 is 14.8 Å². The Kier molecular flexibility index (Phi) is 5.66. The molecule has 1 amide bonds. The molecule has 24 heavy (non-hydrogen) atoms. The summed E-state index contributed by atoms with van der Waals surface area (Å²) >= 11 is 0. The monoisotopic (exact) mass is 326 g/mol. The number of amides is 1. The van der Waals surface area contributed by atoms with Gasteiger partial charge in [-0.3, -0.25) is 4.79 Å². The van der Waals surface area contributed by atoms with Crippen molar-refractivity contribution in [1.82, 2.24) is 10.3 Å². The van der Waals surface area contributed by atoms with Gasteiger partial charge in [0.2, 0.25) is 5.88 Å². The van der Waals surface area contributed by atoms with Gasteiger partial charge in [-0.15, -0.1) is 0 Å². The summed E-state index contributed by atoms with van der Waals surface area (Å²) in [5, 5.41) is 3.04. The summed E-state index contributed by atoms with van der Waals surface area (Å²) < 4.78 is 11.3. The van der Waals surface area contributed by atoms with Crippen molar-refractivity contribution in [2.45, 2.75) is 37.8 Å². The number of hydrogen-bond acceptors (Lipinski definition) is 4. The SMILES string of the molecule is O=C(COc1ccccc1)NC1CCC(Oc2ccccn2)CC1. The lowest BCUT2D eigenvalue weighted by Gasteiger charge is -2.29. The molecule has 3 rings (SSSR count). The second kappa shape index (κ2) is 8.34. The molecule has 1 aliphatic rings. The molecule has 1 fully saturated rings. The molecule has 0 atom stereocenters. The first-order chi connectivity index (χ1) is 11.8. The minimum absolute atomic E-state index is 0.0500. The zero-order chi connectivity index (χ0) is 16.6. The molecule has 0 radical (unpaired) electrons. The first-order valence-electron chi connectivity index (χ1n) is 8.34. The topological polar surface area (TPSA) is 60.5 Å². The van der Waals surface area contributed by atoms with Gasteiger partial charge in [-0.2, -0.15) is 0 Å². The van der Waals surface area contributed by atoms with Gasteiger partial charge in [-0.25, -0.2) is 4.98 Å². The number of benzene rings is 1. The molecule has 5 nitrogen and oxygen atoms in total. The minimum atomic E-state index is -0.0760. The van der Waals surface area contributed by atoms with E-state index in [-0.39, 0.29) is 24.7 Å². The Morgan fingerprint density at radius 1 is 1.04 bits per heavy atom. The highest BCUT2D eigenvalue weighted by molar-refractivity contribution is 5.77. The van der Waals surface area contributed by atoms with Gasteiger partial charge < -0.3 is 14.8 Å². The molecular formula is C19H22N2O3. The molecular weight excluding hydrogens is 304 g/mol. The van der Waals surface area contributed by atoms with Crippen molar-refractivity contribution >= 4 is 5.91 Å². The van der Waals surface area contributed by atoms with Gasteiger partial charge in [0.1, 0.15) is 11.9 Å². The third-order valence-electron chi connectivity index (χ3n) is 4.08. The van der Waals surface area contributed by atoms with E-state index in [9.17, 15) is 4.79 Å². The number of aromatic nitrogens is 1. The summed E-state index contributed by atoms with van der Waals surface area (Å²) in [7, 11) is 0. The van der Waals surface area contributed by atoms with Gasteiger partial charge in [0.05, 0.1) is 0 Å². The maximum absolute atomic E-state index is 12.0. The molecule has 0 unspecified atom stereocenters. The Morgan fingerprint density at radius 3 is 2.50 bits per heavy atom. The molecule has 1 aromatic heterocycles. The van der Waals surface area contributed by atoms with Crippen LogP contribution in [0.5, 0.6) is 11.6 Å². The molecule has 0 bridgehead atoms. The van der Waals surface area contributed by atoms with Crippen LogP contribution in [0.3, 0.4) is 0 Å². The number of rotatable bonds is 6. The molecule has 5 heteroatoms. The van der Waals surface area contributed by atoms with Crippen LogP contribution >= 0.6 is 0 Å². The maximum Gasteiger partial charge on any atom is 0.258 e. The van der Waals surface area contributed by atoms with Crippen molar-refractivity contribution in [3.63, 3.8) is 0 Å². The summed E-state index contributed by atoms with van der Waals surface area (Å²) in [6.07, 6.45) is 5.56. The first-order valence-corrected chi connectivity index (χ1v) is 8.34. The van der Waals surface area contributed by atoms with E-state index in [0.717, 1.165) is 25.7 Å². The normalized spacial score (nSPS) is 20.2. The lowest BCUT2D eigenvalue weighted by molar-refractivity contribution is -0.124. The Labute approximate surface area is 142 Å². The van der Waals surface area contributed by atoms with Gasteiger partial charge >= 0.3 is 0 Å². The number of nitrogens with one attached hydrogen (secondary N) is 1. The summed E-state index contributed by atoms with van der Waals surface area (Å²) in [5.74, 6) is 1.30. The van der Waals surface area contributed by atoms with Gasteiger partial charge in [0.15, 0.2) is 6.61 Å². The highest BCUT2D eigenvalue weighted by Crippen LogP contribution is 2.22. The lowest BCUT2D eigenvalue weighted by Crippen LogP contribution is -2.41. The quantitative estimate of drug-likeness (QED) is 0.886. The molecule has 1 aliphatic carbocycles. The third kappa shape index (κ3) is 4.98. The zero-order valence-electron chi connectivity index (χ0n) is 13.6. The summed E-state index contributed by atoms with van der Waals surface area (Å²) in [4.78, 5) is 16.2. The van der Waals surface area contributed by atoms with Crippen molar-refractivity contribution in [2.75, 3.05) is 6.61 Å². The molecule has 2 aromatic rings. The Morgan fingerprint density at radius 2 is 1.79 bits per heavy atom. The largest absolute Gasteiger partial charge is 0.484 e. The first kappa shape index (κ1) is 16.3. The molecule has 0 saturated heterocycles. The van der Waals surface area contributed by atoms with Crippen LogP contribution in [0.25, 0.3) is 0 Å². The molecule has 1 aromatic carbocycles. The lowest BCUT2D eigenvalue weighted by atomic mass is 9.93. The van der Waals surface area contributed by atoms with Gasteiger partial charge in [-0.1, -0.05) is 24.3 Å². The van der Waals surface area contributed by atoms with E-state index in [1.807, 2.05) is 48.5 Å².